The van der Waals surface area contributed by atoms with Gasteiger partial charge in [0.25, 0.3) is 0 Å². The Labute approximate surface area is 112 Å². The fraction of sp³-hybridized carbons (Fsp3) is 0.429. The van der Waals surface area contributed by atoms with Crippen molar-refractivity contribution >= 4 is 23.2 Å². The summed E-state index contributed by atoms with van der Waals surface area (Å²) < 4.78 is 0. The Bertz CT molecular complexity index is 509. The average molecular weight is 259 g/mol. The summed E-state index contributed by atoms with van der Waals surface area (Å²) in [4.78, 5) is 25.6. The molecule has 2 aliphatic heterocycles. The van der Waals surface area contributed by atoms with E-state index in [2.05, 4.69) is 10.6 Å². The Morgan fingerprint density at radius 1 is 1.37 bits per heavy atom. The summed E-state index contributed by atoms with van der Waals surface area (Å²) in [6.07, 6.45) is 1.54. The van der Waals surface area contributed by atoms with Gasteiger partial charge in [0.05, 0.1) is 11.4 Å². The fourth-order valence-corrected chi connectivity index (χ4v) is 2.70. The zero-order valence-corrected chi connectivity index (χ0v) is 10.7. The molecular formula is C14H17N3O2. The van der Waals surface area contributed by atoms with E-state index >= 15 is 0 Å². The fourth-order valence-electron chi connectivity index (χ4n) is 2.70. The summed E-state index contributed by atoms with van der Waals surface area (Å²) in [5.41, 5.74) is 1.52. The minimum atomic E-state index is -0.128. The van der Waals surface area contributed by atoms with Gasteiger partial charge in [-0.25, -0.2) is 0 Å². The Morgan fingerprint density at radius 3 is 3.00 bits per heavy atom. The predicted octanol–water partition coefficient (Wildman–Crippen LogP) is 0.971. The first kappa shape index (κ1) is 12.2. The third kappa shape index (κ3) is 2.46. The average Bonchev–Trinajstić information content (AvgIpc) is 2.90. The summed E-state index contributed by atoms with van der Waals surface area (Å²) in [6, 6.07) is 7.44. The summed E-state index contributed by atoms with van der Waals surface area (Å²) in [5, 5.41) is 6.05. The van der Waals surface area contributed by atoms with E-state index < -0.39 is 0 Å². The maximum absolute atomic E-state index is 12.4. The van der Waals surface area contributed by atoms with Crippen LogP contribution >= 0.6 is 0 Å². The number of benzene rings is 1. The number of rotatable bonds is 2. The smallest absolute Gasteiger partial charge is 0.244 e. The first-order valence-electron chi connectivity index (χ1n) is 6.64. The van der Waals surface area contributed by atoms with Crippen LogP contribution in [0.15, 0.2) is 24.3 Å². The third-order valence-electron chi connectivity index (χ3n) is 3.70. The number of amides is 2. The second kappa shape index (κ2) is 5.01. The summed E-state index contributed by atoms with van der Waals surface area (Å²) >= 11 is 0. The number of carbonyl (C=O) groups excluding carboxylic acids is 2. The van der Waals surface area contributed by atoms with Crippen LogP contribution in [0.4, 0.5) is 11.4 Å². The van der Waals surface area contributed by atoms with Crippen molar-refractivity contribution in [2.75, 3.05) is 29.9 Å². The van der Waals surface area contributed by atoms with E-state index in [-0.39, 0.29) is 18.4 Å². The van der Waals surface area contributed by atoms with E-state index in [4.69, 9.17) is 0 Å². The van der Waals surface area contributed by atoms with Crippen molar-refractivity contribution in [2.45, 2.75) is 12.8 Å². The Morgan fingerprint density at radius 2 is 2.21 bits per heavy atom. The molecule has 2 N–H and O–H groups in total. The molecule has 1 saturated heterocycles. The van der Waals surface area contributed by atoms with Crippen LogP contribution in [0.2, 0.25) is 0 Å². The maximum Gasteiger partial charge on any atom is 0.244 e. The molecule has 5 heteroatoms. The van der Waals surface area contributed by atoms with Crippen LogP contribution < -0.4 is 15.5 Å². The van der Waals surface area contributed by atoms with Crippen LogP contribution in [-0.4, -0.2) is 31.4 Å². The van der Waals surface area contributed by atoms with Gasteiger partial charge >= 0.3 is 0 Å². The quantitative estimate of drug-likeness (QED) is 0.832. The molecule has 1 aromatic carbocycles. The van der Waals surface area contributed by atoms with Crippen molar-refractivity contribution in [1.29, 1.82) is 0 Å². The molecule has 100 valence electrons. The lowest BCUT2D eigenvalue weighted by Crippen LogP contribution is -2.42. The van der Waals surface area contributed by atoms with Crippen LogP contribution in [0.25, 0.3) is 0 Å². The zero-order chi connectivity index (χ0) is 13.2. The van der Waals surface area contributed by atoms with Crippen molar-refractivity contribution < 1.29 is 9.59 Å². The van der Waals surface area contributed by atoms with Crippen LogP contribution in [0.3, 0.4) is 0 Å². The van der Waals surface area contributed by atoms with Gasteiger partial charge in [-0.3, -0.25) is 9.59 Å². The van der Waals surface area contributed by atoms with E-state index in [9.17, 15) is 9.59 Å². The molecule has 2 amide bonds. The van der Waals surface area contributed by atoms with E-state index in [1.807, 2.05) is 24.3 Å². The second-order valence-electron chi connectivity index (χ2n) is 5.11. The van der Waals surface area contributed by atoms with E-state index in [0.29, 0.717) is 12.3 Å². The lowest BCUT2D eigenvalue weighted by Gasteiger charge is -2.29. The monoisotopic (exact) mass is 259 g/mol. The van der Waals surface area contributed by atoms with Gasteiger partial charge in [0.2, 0.25) is 11.8 Å². The maximum atomic E-state index is 12.4. The second-order valence-corrected chi connectivity index (χ2v) is 5.11. The highest BCUT2D eigenvalue weighted by molar-refractivity contribution is 6.09. The van der Waals surface area contributed by atoms with Gasteiger partial charge in [-0.15, -0.1) is 0 Å². The minimum absolute atomic E-state index is 0.0380. The third-order valence-corrected chi connectivity index (χ3v) is 3.70. The lowest BCUT2D eigenvalue weighted by molar-refractivity contribution is -0.122. The molecule has 2 aliphatic rings. The molecule has 0 bridgehead atoms. The normalized spacial score (nSPS) is 22.0. The van der Waals surface area contributed by atoms with Crippen LogP contribution in [0.5, 0.6) is 0 Å². The summed E-state index contributed by atoms with van der Waals surface area (Å²) in [6.45, 7) is 2.00. The minimum Gasteiger partial charge on any atom is -0.323 e. The Hall–Kier alpha value is -1.88. The Kier molecular flexibility index (Phi) is 3.21. The molecule has 0 saturated carbocycles. The van der Waals surface area contributed by atoms with Crippen molar-refractivity contribution in [3.05, 3.63) is 24.3 Å². The molecule has 2 heterocycles. The lowest BCUT2D eigenvalue weighted by atomic mass is 10.0. The summed E-state index contributed by atoms with van der Waals surface area (Å²) in [7, 11) is 0. The van der Waals surface area contributed by atoms with Gasteiger partial charge in [0.1, 0.15) is 6.54 Å². The molecule has 1 unspecified atom stereocenters. The first-order chi connectivity index (χ1) is 9.24. The number of nitrogens with one attached hydrogen (secondary N) is 2. The SMILES string of the molecule is O=C1CN(C(=O)CC2CCNC2)c2ccccc2N1. The van der Waals surface area contributed by atoms with Gasteiger partial charge in [0, 0.05) is 6.42 Å². The van der Waals surface area contributed by atoms with E-state index in [1.54, 1.807) is 4.90 Å². The molecule has 0 spiro atoms. The standard InChI is InChI=1S/C14H17N3O2/c18-13-9-17(12-4-2-1-3-11(12)16-13)14(19)7-10-5-6-15-8-10/h1-4,10,15H,5-9H2,(H,16,18). The highest BCUT2D eigenvalue weighted by Gasteiger charge is 2.28. The van der Waals surface area contributed by atoms with E-state index in [0.717, 1.165) is 30.9 Å². The largest absolute Gasteiger partial charge is 0.323 e. The number of anilines is 2. The predicted molar refractivity (Wildman–Crippen MR) is 73.0 cm³/mol. The molecule has 1 atom stereocenters. The van der Waals surface area contributed by atoms with Gasteiger partial charge in [0.15, 0.2) is 0 Å². The van der Waals surface area contributed by atoms with Gasteiger partial charge in [-0.1, -0.05) is 12.1 Å². The number of hydrogen-bond donors (Lipinski definition) is 2. The molecular weight excluding hydrogens is 242 g/mol. The highest BCUT2D eigenvalue weighted by Crippen LogP contribution is 2.30. The van der Waals surface area contributed by atoms with Crippen molar-refractivity contribution in [1.82, 2.24) is 5.32 Å². The first-order valence-corrected chi connectivity index (χ1v) is 6.64. The molecule has 1 aromatic rings. The van der Waals surface area contributed by atoms with Crippen molar-refractivity contribution in [3.8, 4) is 0 Å². The van der Waals surface area contributed by atoms with Crippen LogP contribution in [0, 0.1) is 5.92 Å². The van der Waals surface area contributed by atoms with Crippen LogP contribution in [0.1, 0.15) is 12.8 Å². The van der Waals surface area contributed by atoms with Crippen molar-refractivity contribution in [2.24, 2.45) is 5.92 Å². The van der Waals surface area contributed by atoms with E-state index in [1.165, 1.54) is 0 Å². The van der Waals surface area contributed by atoms with Crippen LogP contribution in [-0.2, 0) is 9.59 Å². The molecule has 3 rings (SSSR count). The molecule has 5 nitrogen and oxygen atoms in total. The number of carbonyl (C=O) groups is 2. The van der Waals surface area contributed by atoms with Gasteiger partial charge in [-0.05, 0) is 37.6 Å². The number of fused-ring (bicyclic) bond motifs is 1. The van der Waals surface area contributed by atoms with Crippen molar-refractivity contribution in [3.63, 3.8) is 0 Å². The molecule has 0 aliphatic carbocycles. The Balaban J connectivity index is 1.79. The number of para-hydroxylation sites is 2. The molecule has 19 heavy (non-hydrogen) atoms. The molecule has 0 aromatic heterocycles. The molecule has 1 fully saturated rings. The summed E-state index contributed by atoms with van der Waals surface area (Å²) in [5.74, 6) is 0.303. The zero-order valence-electron chi connectivity index (χ0n) is 10.7. The number of hydrogen-bond acceptors (Lipinski definition) is 3. The topological polar surface area (TPSA) is 61.4 Å². The van der Waals surface area contributed by atoms with Gasteiger partial charge < -0.3 is 15.5 Å². The van der Waals surface area contributed by atoms with Gasteiger partial charge in [-0.2, -0.15) is 0 Å². The highest BCUT2D eigenvalue weighted by atomic mass is 16.2. The molecule has 0 radical (unpaired) electrons. The number of nitrogens with zero attached hydrogens (tertiary/aromatic N) is 1.